The first-order chi connectivity index (χ1) is 14.0. The molecule has 0 spiro atoms. The first kappa shape index (κ1) is 24.3. The van der Waals surface area contributed by atoms with Gasteiger partial charge < -0.3 is 4.74 Å². The number of hydrogen-bond acceptors (Lipinski definition) is 1. The van der Waals surface area contributed by atoms with Crippen LogP contribution >= 0.6 is 0 Å². The molecule has 0 bridgehead atoms. The quantitative estimate of drug-likeness (QED) is 0.415. The number of benzene rings is 2. The maximum atomic E-state index is 13.7. The van der Waals surface area contributed by atoms with Gasteiger partial charge in [-0.25, -0.2) is 0 Å². The van der Waals surface area contributed by atoms with E-state index in [1.165, 1.54) is 11.6 Å². The van der Waals surface area contributed by atoms with Crippen molar-refractivity contribution in [2.24, 2.45) is 0 Å². The highest BCUT2D eigenvalue weighted by atomic mass is 19.4. The Morgan fingerprint density at radius 1 is 0.733 bits per heavy atom. The van der Waals surface area contributed by atoms with E-state index >= 15 is 0 Å². The van der Waals surface area contributed by atoms with Crippen molar-refractivity contribution in [3.8, 4) is 5.75 Å². The summed E-state index contributed by atoms with van der Waals surface area (Å²) in [6.07, 6.45) is -2.83. The third-order valence-corrected chi connectivity index (χ3v) is 6.06. The summed E-state index contributed by atoms with van der Waals surface area (Å²) in [6.45, 7) is 12.1. The van der Waals surface area contributed by atoms with Crippen molar-refractivity contribution in [3.63, 3.8) is 0 Å². The van der Waals surface area contributed by atoms with Crippen molar-refractivity contribution in [1.82, 2.24) is 0 Å². The Bertz CT molecular complexity index is 837. The van der Waals surface area contributed by atoms with E-state index in [4.69, 9.17) is 4.74 Å². The van der Waals surface area contributed by atoms with Crippen LogP contribution in [0, 0.1) is 0 Å². The maximum absolute atomic E-state index is 13.7. The van der Waals surface area contributed by atoms with E-state index in [9.17, 15) is 13.2 Å². The van der Waals surface area contributed by atoms with Gasteiger partial charge in [-0.2, -0.15) is 13.2 Å². The summed E-state index contributed by atoms with van der Waals surface area (Å²) in [5.74, 6) is 1.40. The summed E-state index contributed by atoms with van der Waals surface area (Å²) in [5, 5.41) is 0. The third-order valence-electron chi connectivity index (χ3n) is 6.06. The number of rotatable bonds is 8. The number of ether oxygens (including phenoxy) is 1. The van der Waals surface area contributed by atoms with E-state index in [2.05, 4.69) is 39.0 Å². The van der Waals surface area contributed by atoms with Crippen LogP contribution in [-0.2, 0) is 6.18 Å². The predicted octanol–water partition coefficient (Wildman–Crippen LogP) is 8.65. The third kappa shape index (κ3) is 5.80. The van der Waals surface area contributed by atoms with Gasteiger partial charge in [-0.15, -0.1) is 0 Å². The van der Waals surface area contributed by atoms with Crippen molar-refractivity contribution >= 4 is 0 Å². The molecule has 0 amide bonds. The highest BCUT2D eigenvalue weighted by molar-refractivity contribution is 5.41. The van der Waals surface area contributed by atoms with Crippen LogP contribution in [0.5, 0.6) is 5.75 Å². The molecule has 0 aliphatic rings. The number of halogens is 3. The summed E-state index contributed by atoms with van der Waals surface area (Å²) in [5.41, 5.74) is 2.96. The molecule has 0 saturated carbocycles. The Hall–Kier alpha value is -1.97. The van der Waals surface area contributed by atoms with Gasteiger partial charge in [0.15, 0.2) is 0 Å². The Kier molecular flexibility index (Phi) is 8.01. The van der Waals surface area contributed by atoms with Gasteiger partial charge in [0.1, 0.15) is 5.75 Å². The molecular weight excluding hydrogens is 385 g/mol. The number of methoxy groups -OCH3 is 1. The van der Waals surface area contributed by atoms with Gasteiger partial charge >= 0.3 is 6.18 Å². The Morgan fingerprint density at radius 3 is 1.83 bits per heavy atom. The van der Waals surface area contributed by atoms with Gasteiger partial charge in [0, 0.05) is 0 Å². The largest absolute Gasteiger partial charge is 0.496 e. The van der Waals surface area contributed by atoms with Crippen LogP contribution in [0.4, 0.5) is 13.2 Å². The highest BCUT2D eigenvalue weighted by Gasteiger charge is 2.35. The Morgan fingerprint density at radius 2 is 1.30 bits per heavy atom. The summed E-state index contributed by atoms with van der Waals surface area (Å²) in [7, 11) is 1.68. The summed E-state index contributed by atoms with van der Waals surface area (Å²) in [4.78, 5) is 0. The number of hydrogen-bond donors (Lipinski definition) is 0. The topological polar surface area (TPSA) is 9.23 Å². The van der Waals surface area contributed by atoms with Crippen LogP contribution < -0.4 is 4.74 Å². The first-order valence-corrected chi connectivity index (χ1v) is 10.8. The zero-order chi connectivity index (χ0) is 22.6. The average Bonchev–Trinajstić information content (AvgIpc) is 2.69. The van der Waals surface area contributed by atoms with E-state index in [0.717, 1.165) is 23.3 Å². The second-order valence-electron chi connectivity index (χ2n) is 9.03. The molecule has 2 unspecified atom stereocenters. The summed E-state index contributed by atoms with van der Waals surface area (Å²) < 4.78 is 46.6. The fraction of sp³-hybridized carbons (Fsp3) is 0.538. The SMILES string of the molecule is COc1cc(C(C)CCC(C)c2ccc(C(C)C)cc2C(F)(F)F)ccc1C(C)C. The first-order valence-electron chi connectivity index (χ1n) is 10.8. The lowest BCUT2D eigenvalue weighted by Crippen LogP contribution is -2.12. The smallest absolute Gasteiger partial charge is 0.416 e. The maximum Gasteiger partial charge on any atom is 0.416 e. The van der Waals surface area contributed by atoms with Gasteiger partial charge in [-0.1, -0.05) is 65.8 Å². The van der Waals surface area contributed by atoms with Crippen LogP contribution in [0.25, 0.3) is 0 Å². The fourth-order valence-corrected chi connectivity index (χ4v) is 3.94. The minimum atomic E-state index is -4.33. The Labute approximate surface area is 179 Å². The van der Waals surface area contributed by atoms with Gasteiger partial charge in [0.25, 0.3) is 0 Å². The summed E-state index contributed by atoms with van der Waals surface area (Å²) in [6, 6.07) is 11.1. The van der Waals surface area contributed by atoms with Crippen LogP contribution in [0.3, 0.4) is 0 Å². The monoisotopic (exact) mass is 420 g/mol. The van der Waals surface area contributed by atoms with Crippen molar-refractivity contribution in [1.29, 1.82) is 0 Å². The lowest BCUT2D eigenvalue weighted by atomic mass is 9.85. The molecule has 0 heterocycles. The molecule has 2 aromatic carbocycles. The van der Waals surface area contributed by atoms with Crippen molar-refractivity contribution < 1.29 is 17.9 Å². The van der Waals surface area contributed by atoms with E-state index in [1.807, 2.05) is 26.8 Å². The van der Waals surface area contributed by atoms with Crippen molar-refractivity contribution in [3.05, 3.63) is 64.2 Å². The molecule has 2 rings (SSSR count). The molecule has 166 valence electrons. The normalized spacial score (nSPS) is 14.3. The number of alkyl halides is 3. The van der Waals surface area contributed by atoms with E-state index in [1.54, 1.807) is 13.2 Å². The molecule has 0 aliphatic heterocycles. The van der Waals surface area contributed by atoms with Crippen molar-refractivity contribution in [2.45, 2.75) is 84.2 Å². The van der Waals surface area contributed by atoms with Crippen molar-refractivity contribution in [2.75, 3.05) is 7.11 Å². The van der Waals surface area contributed by atoms with Gasteiger partial charge in [-0.3, -0.25) is 0 Å². The fourth-order valence-electron chi connectivity index (χ4n) is 3.94. The molecule has 0 saturated heterocycles. The molecule has 0 aromatic heterocycles. The molecule has 2 aromatic rings. The average molecular weight is 421 g/mol. The molecule has 1 nitrogen and oxygen atoms in total. The molecule has 0 radical (unpaired) electrons. The zero-order valence-corrected chi connectivity index (χ0v) is 19.2. The molecule has 4 heteroatoms. The van der Waals surface area contributed by atoms with Crippen LogP contribution in [-0.4, -0.2) is 7.11 Å². The Balaban J connectivity index is 2.18. The molecule has 30 heavy (non-hydrogen) atoms. The standard InChI is InChI=1S/C26H35F3O/c1-16(2)20-10-13-23(24(14-20)26(27,28)29)19(6)9-8-18(5)21-11-12-22(17(3)4)25(15-21)30-7/h10-19H,8-9H2,1-7H3. The van der Waals surface area contributed by atoms with E-state index in [0.29, 0.717) is 17.9 Å². The lowest BCUT2D eigenvalue weighted by Gasteiger charge is -2.22. The summed E-state index contributed by atoms with van der Waals surface area (Å²) >= 11 is 0. The molecule has 0 aliphatic carbocycles. The van der Waals surface area contributed by atoms with Crippen LogP contribution in [0.15, 0.2) is 36.4 Å². The molecule has 0 fully saturated rings. The highest BCUT2D eigenvalue weighted by Crippen LogP contribution is 2.39. The van der Waals surface area contributed by atoms with E-state index < -0.39 is 11.7 Å². The van der Waals surface area contributed by atoms with Crippen LogP contribution in [0.2, 0.25) is 0 Å². The zero-order valence-electron chi connectivity index (χ0n) is 19.2. The van der Waals surface area contributed by atoms with Gasteiger partial charge in [-0.05, 0) is 70.9 Å². The van der Waals surface area contributed by atoms with Gasteiger partial charge in [0.05, 0.1) is 12.7 Å². The molecular formula is C26H35F3O. The van der Waals surface area contributed by atoms with E-state index in [-0.39, 0.29) is 17.8 Å². The minimum Gasteiger partial charge on any atom is -0.496 e. The van der Waals surface area contributed by atoms with Gasteiger partial charge in [0.2, 0.25) is 0 Å². The van der Waals surface area contributed by atoms with Crippen LogP contribution in [0.1, 0.15) is 106 Å². The molecule has 2 atom stereocenters. The minimum absolute atomic E-state index is 0.0688. The lowest BCUT2D eigenvalue weighted by molar-refractivity contribution is -0.138. The molecule has 0 N–H and O–H groups in total. The second kappa shape index (κ2) is 9.89. The predicted molar refractivity (Wildman–Crippen MR) is 119 cm³/mol. The second-order valence-corrected chi connectivity index (χ2v) is 9.03.